The van der Waals surface area contributed by atoms with Gasteiger partial charge in [-0.2, -0.15) is 0 Å². The van der Waals surface area contributed by atoms with E-state index < -0.39 is 0 Å². The fourth-order valence-corrected chi connectivity index (χ4v) is 4.27. The molecule has 1 aliphatic carbocycles. The maximum absolute atomic E-state index is 12.1. The van der Waals surface area contributed by atoms with Crippen LogP contribution in [0.5, 0.6) is 0 Å². The molecule has 4 rings (SSSR count). The number of nitrogens with one attached hydrogen (secondary N) is 4. The van der Waals surface area contributed by atoms with Gasteiger partial charge in [0.05, 0.1) is 0 Å². The molecule has 30 heavy (non-hydrogen) atoms. The van der Waals surface area contributed by atoms with Crippen molar-refractivity contribution in [1.82, 2.24) is 15.6 Å². The standard InChI is InChI=1S/C25H28N4O/c1-2-27-25(30)21-9-10-22(15-21)29-23(11-13-26)18-5-3-17(4-6-18)20-8-7-19-12-14-28-24(19)16-20/h3-8,11-14,16,21-22,26,28-29H,2,9-10,15H2,1H3,(H,27,30)/b23-11-,26-13?/t21-,22+/m0/s1. The van der Waals surface area contributed by atoms with E-state index in [2.05, 4.69) is 64.1 Å². The number of H-pyrrole nitrogens is 1. The number of hydrogen-bond acceptors (Lipinski definition) is 3. The zero-order valence-electron chi connectivity index (χ0n) is 17.2. The fraction of sp³-hybridized carbons (Fsp3) is 0.280. The zero-order chi connectivity index (χ0) is 20.9. The van der Waals surface area contributed by atoms with Gasteiger partial charge in [-0.05, 0) is 66.5 Å². The Balaban J connectivity index is 1.47. The highest BCUT2D eigenvalue weighted by atomic mass is 16.1. The van der Waals surface area contributed by atoms with Crippen LogP contribution in [-0.2, 0) is 4.79 Å². The molecule has 1 amide bonds. The molecule has 0 bridgehead atoms. The first-order chi connectivity index (χ1) is 14.7. The molecule has 1 saturated carbocycles. The monoisotopic (exact) mass is 400 g/mol. The molecule has 5 heteroatoms. The summed E-state index contributed by atoms with van der Waals surface area (Å²) in [6.45, 7) is 2.63. The third-order valence-corrected chi connectivity index (χ3v) is 5.85. The lowest BCUT2D eigenvalue weighted by atomic mass is 10.0. The van der Waals surface area contributed by atoms with E-state index in [0.717, 1.165) is 41.6 Å². The summed E-state index contributed by atoms with van der Waals surface area (Å²) in [5, 5.41) is 15.2. The summed E-state index contributed by atoms with van der Waals surface area (Å²) < 4.78 is 0. The number of carbonyl (C=O) groups excluding carboxylic acids is 1. The molecular formula is C25H28N4O. The maximum Gasteiger partial charge on any atom is 0.223 e. The molecule has 3 aromatic rings. The molecule has 1 aliphatic rings. The van der Waals surface area contributed by atoms with E-state index in [1.165, 1.54) is 17.2 Å². The molecular weight excluding hydrogens is 372 g/mol. The van der Waals surface area contributed by atoms with Crippen molar-refractivity contribution >= 4 is 28.7 Å². The summed E-state index contributed by atoms with van der Waals surface area (Å²) >= 11 is 0. The number of allylic oxidation sites excluding steroid dienone is 1. The molecule has 0 unspecified atom stereocenters. The van der Waals surface area contributed by atoms with Crippen LogP contribution in [0.1, 0.15) is 31.7 Å². The molecule has 1 heterocycles. The van der Waals surface area contributed by atoms with Crippen LogP contribution < -0.4 is 10.6 Å². The van der Waals surface area contributed by atoms with Crippen LogP contribution in [0.4, 0.5) is 0 Å². The van der Waals surface area contributed by atoms with E-state index in [-0.39, 0.29) is 17.9 Å². The molecule has 5 nitrogen and oxygen atoms in total. The largest absolute Gasteiger partial charge is 0.382 e. The van der Waals surface area contributed by atoms with Gasteiger partial charge in [0, 0.05) is 42.1 Å². The summed E-state index contributed by atoms with van der Waals surface area (Å²) in [6, 6.07) is 17.2. The number of aromatic nitrogens is 1. The van der Waals surface area contributed by atoms with Crippen LogP contribution in [-0.4, -0.2) is 29.7 Å². The molecule has 0 saturated heterocycles. The topological polar surface area (TPSA) is 80.8 Å². The van der Waals surface area contributed by atoms with Crippen molar-refractivity contribution in [3.63, 3.8) is 0 Å². The summed E-state index contributed by atoms with van der Waals surface area (Å²) in [6.07, 6.45) is 7.75. The van der Waals surface area contributed by atoms with Gasteiger partial charge in [0.15, 0.2) is 0 Å². The summed E-state index contributed by atoms with van der Waals surface area (Å²) in [5.41, 5.74) is 5.43. The highest BCUT2D eigenvalue weighted by Crippen LogP contribution is 2.29. The number of fused-ring (bicyclic) bond motifs is 1. The van der Waals surface area contributed by atoms with Crippen LogP contribution in [0, 0.1) is 11.3 Å². The number of rotatable bonds is 7. The van der Waals surface area contributed by atoms with Gasteiger partial charge in [0.1, 0.15) is 0 Å². The van der Waals surface area contributed by atoms with Gasteiger partial charge < -0.3 is 21.0 Å². The van der Waals surface area contributed by atoms with E-state index in [0.29, 0.717) is 6.54 Å². The Morgan fingerprint density at radius 1 is 1.13 bits per heavy atom. The van der Waals surface area contributed by atoms with Gasteiger partial charge in [0.25, 0.3) is 0 Å². The van der Waals surface area contributed by atoms with Crippen LogP contribution in [0.15, 0.2) is 60.8 Å². The molecule has 0 radical (unpaired) electrons. The average molecular weight is 401 g/mol. The average Bonchev–Trinajstić information content (AvgIpc) is 3.43. The van der Waals surface area contributed by atoms with Crippen molar-refractivity contribution in [3.05, 3.63) is 66.4 Å². The molecule has 0 aliphatic heterocycles. The van der Waals surface area contributed by atoms with Gasteiger partial charge in [0.2, 0.25) is 5.91 Å². The third-order valence-electron chi connectivity index (χ3n) is 5.85. The Labute approximate surface area is 177 Å². The highest BCUT2D eigenvalue weighted by Gasteiger charge is 2.29. The normalized spacial score (nSPS) is 19.0. The Hall–Kier alpha value is -3.34. The summed E-state index contributed by atoms with van der Waals surface area (Å²) in [4.78, 5) is 15.4. The molecule has 1 fully saturated rings. The molecule has 154 valence electrons. The first-order valence-corrected chi connectivity index (χ1v) is 10.6. The minimum atomic E-state index is 0.0777. The second kappa shape index (κ2) is 8.99. The van der Waals surface area contributed by atoms with E-state index in [1.54, 1.807) is 6.08 Å². The van der Waals surface area contributed by atoms with Crippen molar-refractivity contribution in [2.24, 2.45) is 5.92 Å². The van der Waals surface area contributed by atoms with Crippen molar-refractivity contribution < 1.29 is 4.79 Å². The van der Waals surface area contributed by atoms with Crippen LogP contribution in [0.25, 0.3) is 27.7 Å². The highest BCUT2D eigenvalue weighted by molar-refractivity contribution is 5.86. The first kappa shape index (κ1) is 20.0. The van der Waals surface area contributed by atoms with E-state index in [4.69, 9.17) is 5.41 Å². The Morgan fingerprint density at radius 3 is 2.70 bits per heavy atom. The molecule has 0 spiro atoms. The zero-order valence-corrected chi connectivity index (χ0v) is 17.2. The number of benzene rings is 2. The molecule has 4 N–H and O–H groups in total. The number of hydrogen-bond donors (Lipinski definition) is 4. The molecule has 2 atom stereocenters. The van der Waals surface area contributed by atoms with Crippen LogP contribution >= 0.6 is 0 Å². The van der Waals surface area contributed by atoms with Gasteiger partial charge in [-0.1, -0.05) is 36.4 Å². The maximum atomic E-state index is 12.1. The first-order valence-electron chi connectivity index (χ1n) is 10.6. The van der Waals surface area contributed by atoms with Gasteiger partial charge in [-0.25, -0.2) is 0 Å². The van der Waals surface area contributed by atoms with Crippen molar-refractivity contribution in [2.45, 2.75) is 32.2 Å². The molecule has 1 aromatic heterocycles. The Kier molecular flexibility index (Phi) is 5.98. The predicted molar refractivity (Wildman–Crippen MR) is 123 cm³/mol. The number of aromatic amines is 1. The summed E-state index contributed by atoms with van der Waals surface area (Å²) in [5.74, 6) is 0.233. The molecule has 2 aromatic carbocycles. The van der Waals surface area contributed by atoms with Crippen molar-refractivity contribution in [1.29, 1.82) is 5.41 Å². The van der Waals surface area contributed by atoms with Gasteiger partial charge in [-0.3, -0.25) is 4.79 Å². The lowest BCUT2D eigenvalue weighted by Gasteiger charge is -2.18. The quantitative estimate of drug-likeness (QED) is 0.433. The number of carbonyl (C=O) groups is 1. The minimum absolute atomic E-state index is 0.0777. The SMILES string of the molecule is CCNC(=O)[C@H]1CC[C@@H](N/C(=C\C=N)c2ccc(-c3ccc4cc[nH]c4c3)cc2)C1. The minimum Gasteiger partial charge on any atom is -0.382 e. The van der Waals surface area contributed by atoms with Gasteiger partial charge in [-0.15, -0.1) is 0 Å². The van der Waals surface area contributed by atoms with Crippen molar-refractivity contribution in [2.75, 3.05) is 6.54 Å². The fourth-order valence-electron chi connectivity index (χ4n) is 4.27. The van der Waals surface area contributed by atoms with Gasteiger partial charge >= 0.3 is 0 Å². The predicted octanol–water partition coefficient (Wildman–Crippen LogP) is 4.72. The second-order valence-electron chi connectivity index (χ2n) is 7.85. The Morgan fingerprint density at radius 2 is 1.93 bits per heavy atom. The smallest absolute Gasteiger partial charge is 0.223 e. The lowest BCUT2D eigenvalue weighted by Crippen LogP contribution is -2.31. The van der Waals surface area contributed by atoms with E-state index in [9.17, 15) is 4.79 Å². The Bertz CT molecular complexity index is 1060. The van der Waals surface area contributed by atoms with E-state index >= 15 is 0 Å². The second-order valence-corrected chi connectivity index (χ2v) is 7.85. The summed E-state index contributed by atoms with van der Waals surface area (Å²) in [7, 11) is 0. The van der Waals surface area contributed by atoms with Crippen LogP contribution in [0.2, 0.25) is 0 Å². The van der Waals surface area contributed by atoms with Crippen LogP contribution in [0.3, 0.4) is 0 Å². The van der Waals surface area contributed by atoms with Crippen molar-refractivity contribution in [3.8, 4) is 11.1 Å². The lowest BCUT2D eigenvalue weighted by molar-refractivity contribution is -0.124. The number of amides is 1. The third kappa shape index (κ3) is 4.30. The van der Waals surface area contributed by atoms with E-state index in [1.807, 2.05) is 13.1 Å².